The second-order valence-corrected chi connectivity index (χ2v) is 10.3. The van der Waals surface area contributed by atoms with Gasteiger partial charge in [-0.05, 0) is 35.6 Å². The molecule has 2 aromatic carbocycles. The summed E-state index contributed by atoms with van der Waals surface area (Å²) in [7, 11) is 2.84. The molecule has 0 amide bonds. The zero-order chi connectivity index (χ0) is 27.8. The quantitative estimate of drug-likeness (QED) is 0.370. The smallest absolute Gasteiger partial charge is 0.328 e. The predicted molar refractivity (Wildman–Crippen MR) is 151 cm³/mol. The van der Waals surface area contributed by atoms with Crippen LogP contribution < -0.4 is 5.32 Å². The maximum absolute atomic E-state index is 12.4. The molecule has 4 rings (SSSR count). The number of para-hydroxylation sites is 1. The molecule has 9 heteroatoms. The Morgan fingerprint density at radius 2 is 1.51 bits per heavy atom. The van der Waals surface area contributed by atoms with Gasteiger partial charge >= 0.3 is 11.9 Å². The Bertz CT molecular complexity index is 1270. The van der Waals surface area contributed by atoms with Crippen LogP contribution in [0.15, 0.2) is 48.5 Å². The van der Waals surface area contributed by atoms with Crippen molar-refractivity contribution in [2.45, 2.75) is 45.8 Å². The van der Waals surface area contributed by atoms with Crippen LogP contribution in [0.4, 0.5) is 5.82 Å². The number of rotatable bonds is 11. The number of nitrogens with zero attached hydrogens (tertiary/aromatic N) is 4. The summed E-state index contributed by atoms with van der Waals surface area (Å²) in [6, 6.07) is 15.7. The van der Waals surface area contributed by atoms with E-state index < -0.39 is 6.04 Å². The monoisotopic (exact) mass is 533 g/mol. The predicted octanol–water partition coefficient (Wildman–Crippen LogP) is 3.66. The number of hydrogen-bond acceptors (Lipinski definition) is 9. The zero-order valence-electron chi connectivity index (χ0n) is 23.4. The van der Waals surface area contributed by atoms with Crippen LogP contribution in [0, 0.1) is 5.92 Å². The highest BCUT2D eigenvalue weighted by atomic mass is 16.5. The number of nitrogens with one attached hydrogen (secondary N) is 1. The summed E-state index contributed by atoms with van der Waals surface area (Å²) in [4.78, 5) is 38.5. The van der Waals surface area contributed by atoms with Gasteiger partial charge in [-0.15, -0.1) is 0 Å². The summed E-state index contributed by atoms with van der Waals surface area (Å²) >= 11 is 0. The summed E-state index contributed by atoms with van der Waals surface area (Å²) in [5, 5.41) is 4.21. The topological polar surface area (TPSA) is 96.9 Å². The van der Waals surface area contributed by atoms with Gasteiger partial charge in [-0.25, -0.2) is 14.8 Å². The van der Waals surface area contributed by atoms with Gasteiger partial charge in [-0.1, -0.05) is 50.2 Å². The Hall–Kier alpha value is -3.56. The minimum absolute atomic E-state index is 0.0355. The Labute approximate surface area is 230 Å². The van der Waals surface area contributed by atoms with E-state index in [0.29, 0.717) is 25.2 Å². The molecule has 0 unspecified atom stereocenters. The lowest BCUT2D eigenvalue weighted by Crippen LogP contribution is -2.45. The zero-order valence-corrected chi connectivity index (χ0v) is 23.4. The molecule has 0 radical (unpaired) electrons. The fraction of sp³-hybridized carbons (Fsp3) is 0.467. The first-order valence-electron chi connectivity index (χ1n) is 13.6. The minimum atomic E-state index is -0.500. The summed E-state index contributed by atoms with van der Waals surface area (Å²) in [6.45, 7) is 9.12. The van der Waals surface area contributed by atoms with E-state index >= 15 is 0 Å². The van der Waals surface area contributed by atoms with Crippen molar-refractivity contribution in [2.24, 2.45) is 5.92 Å². The fourth-order valence-corrected chi connectivity index (χ4v) is 4.92. The normalized spacial score (nSPS) is 15.3. The second-order valence-electron chi connectivity index (χ2n) is 10.3. The van der Waals surface area contributed by atoms with Crippen molar-refractivity contribution < 1.29 is 19.1 Å². The lowest BCUT2D eigenvalue weighted by molar-refractivity contribution is -0.142. The molecule has 0 bridgehead atoms. The van der Waals surface area contributed by atoms with Gasteiger partial charge in [0.2, 0.25) is 0 Å². The third-order valence-electron chi connectivity index (χ3n) is 7.23. The lowest BCUT2D eigenvalue weighted by atomic mass is 10.0. The third kappa shape index (κ3) is 7.52. The third-order valence-corrected chi connectivity index (χ3v) is 7.23. The number of benzene rings is 2. The van der Waals surface area contributed by atoms with Crippen molar-refractivity contribution in [1.29, 1.82) is 0 Å². The molecule has 0 aliphatic carbocycles. The van der Waals surface area contributed by atoms with Gasteiger partial charge in [0.1, 0.15) is 17.7 Å². The van der Waals surface area contributed by atoms with E-state index in [2.05, 4.69) is 33.3 Å². The molecule has 2 heterocycles. The van der Waals surface area contributed by atoms with Crippen molar-refractivity contribution in [3.8, 4) is 0 Å². The minimum Gasteiger partial charge on any atom is -0.469 e. The molecule has 1 aliphatic rings. The molecule has 1 aromatic heterocycles. The highest BCUT2D eigenvalue weighted by Gasteiger charge is 2.25. The van der Waals surface area contributed by atoms with Gasteiger partial charge < -0.3 is 14.8 Å². The Morgan fingerprint density at radius 3 is 2.18 bits per heavy atom. The maximum atomic E-state index is 12.4. The highest BCUT2D eigenvalue weighted by molar-refractivity contribution is 5.91. The van der Waals surface area contributed by atoms with E-state index in [1.54, 1.807) is 0 Å². The van der Waals surface area contributed by atoms with E-state index in [9.17, 15) is 9.59 Å². The molecule has 1 saturated heterocycles. The van der Waals surface area contributed by atoms with Crippen LogP contribution in [0.3, 0.4) is 0 Å². The van der Waals surface area contributed by atoms with Gasteiger partial charge in [-0.3, -0.25) is 14.6 Å². The van der Waals surface area contributed by atoms with E-state index in [-0.39, 0.29) is 17.9 Å². The van der Waals surface area contributed by atoms with Gasteiger partial charge in [0.15, 0.2) is 0 Å². The first-order valence-corrected chi connectivity index (χ1v) is 13.6. The van der Waals surface area contributed by atoms with Crippen molar-refractivity contribution in [3.63, 3.8) is 0 Å². The second kappa shape index (κ2) is 13.5. The van der Waals surface area contributed by atoms with Crippen molar-refractivity contribution in [2.75, 3.05) is 45.7 Å². The van der Waals surface area contributed by atoms with Crippen LogP contribution >= 0.6 is 0 Å². The summed E-state index contributed by atoms with van der Waals surface area (Å²) < 4.78 is 9.83. The van der Waals surface area contributed by atoms with Crippen LogP contribution in [-0.4, -0.2) is 78.1 Å². The number of piperazine rings is 1. The molecule has 208 valence electrons. The van der Waals surface area contributed by atoms with Gasteiger partial charge in [0.05, 0.1) is 26.3 Å². The largest absolute Gasteiger partial charge is 0.469 e. The number of aryl methyl sites for hydroxylation is 1. The van der Waals surface area contributed by atoms with Crippen LogP contribution in [0.5, 0.6) is 0 Å². The number of carbonyl (C=O) groups excluding carboxylic acids is 2. The number of anilines is 1. The lowest BCUT2D eigenvalue weighted by Gasteiger charge is -2.34. The first kappa shape index (κ1) is 28.4. The number of esters is 2. The van der Waals surface area contributed by atoms with E-state index in [1.807, 2.05) is 44.2 Å². The molecule has 1 atom stereocenters. The molecule has 39 heavy (non-hydrogen) atoms. The SMILES string of the molecule is COC(=O)CCc1ccccc1CN1CCN(Cc2nc(N[C@H](C(=O)OC)C(C)C)c3ccccc3n2)CC1. The number of carbonyl (C=O) groups is 2. The first-order chi connectivity index (χ1) is 18.9. The van der Waals surface area contributed by atoms with Crippen molar-refractivity contribution in [3.05, 3.63) is 65.5 Å². The van der Waals surface area contributed by atoms with Crippen LogP contribution in [0.2, 0.25) is 0 Å². The number of hydrogen-bond donors (Lipinski definition) is 1. The molecule has 9 nitrogen and oxygen atoms in total. The Balaban J connectivity index is 1.41. The molecule has 3 aromatic rings. The van der Waals surface area contributed by atoms with Gasteiger partial charge in [0, 0.05) is 44.5 Å². The van der Waals surface area contributed by atoms with Crippen molar-refractivity contribution >= 4 is 28.7 Å². The maximum Gasteiger partial charge on any atom is 0.328 e. The van der Waals surface area contributed by atoms with Crippen molar-refractivity contribution in [1.82, 2.24) is 19.8 Å². The van der Waals surface area contributed by atoms with E-state index in [0.717, 1.165) is 49.5 Å². The van der Waals surface area contributed by atoms with E-state index in [4.69, 9.17) is 19.4 Å². The summed E-state index contributed by atoms with van der Waals surface area (Å²) in [5.41, 5.74) is 3.30. The van der Waals surface area contributed by atoms with Crippen LogP contribution in [0.25, 0.3) is 10.9 Å². The fourth-order valence-electron chi connectivity index (χ4n) is 4.92. The average molecular weight is 534 g/mol. The summed E-state index contributed by atoms with van der Waals surface area (Å²) in [6.07, 6.45) is 1.08. The number of methoxy groups -OCH3 is 2. The van der Waals surface area contributed by atoms with E-state index in [1.165, 1.54) is 25.3 Å². The number of aromatic nitrogens is 2. The number of ether oxygens (including phenoxy) is 2. The highest BCUT2D eigenvalue weighted by Crippen LogP contribution is 2.23. The molecular weight excluding hydrogens is 494 g/mol. The van der Waals surface area contributed by atoms with Gasteiger partial charge in [0.25, 0.3) is 0 Å². The van der Waals surface area contributed by atoms with Gasteiger partial charge in [-0.2, -0.15) is 0 Å². The Kier molecular flexibility index (Phi) is 9.84. The molecular formula is C30H39N5O4. The molecule has 1 fully saturated rings. The average Bonchev–Trinajstić information content (AvgIpc) is 2.95. The van der Waals surface area contributed by atoms with Crippen LogP contribution in [0.1, 0.15) is 37.2 Å². The molecule has 1 aliphatic heterocycles. The molecule has 0 saturated carbocycles. The van der Waals surface area contributed by atoms with Crippen LogP contribution in [-0.2, 0) is 38.6 Å². The Morgan fingerprint density at radius 1 is 0.872 bits per heavy atom. The summed E-state index contributed by atoms with van der Waals surface area (Å²) in [5.74, 6) is 0.926. The standard InChI is InChI=1S/C30H39N5O4/c1-21(2)28(30(37)39-4)33-29-24-11-7-8-12-25(24)31-26(32-29)20-35-17-15-34(16-18-35)19-23-10-6-5-9-22(23)13-14-27(36)38-3/h5-12,21,28H,13-20H2,1-4H3,(H,31,32,33)/t28-/m0/s1. The number of fused-ring (bicyclic) bond motifs is 1. The molecule has 1 N–H and O–H groups in total. The molecule has 0 spiro atoms.